The van der Waals surface area contributed by atoms with Crippen molar-refractivity contribution in [3.63, 3.8) is 0 Å². The van der Waals surface area contributed by atoms with E-state index in [4.69, 9.17) is 0 Å². The fraction of sp³-hybridized carbons (Fsp3) is 0.500. The van der Waals surface area contributed by atoms with Crippen LogP contribution in [0.15, 0.2) is 12.1 Å². The van der Waals surface area contributed by atoms with Crippen molar-refractivity contribution in [1.29, 1.82) is 0 Å². The zero-order chi connectivity index (χ0) is 9.84. The predicted octanol–water partition coefficient (Wildman–Crippen LogP) is 3.35. The minimum atomic E-state index is 0.428. The summed E-state index contributed by atoms with van der Waals surface area (Å²) in [6.07, 6.45) is 3.49. The molecular formula is C12H18O. The molecule has 0 saturated carbocycles. The molecule has 0 saturated heterocycles. The highest BCUT2D eigenvalue weighted by atomic mass is 16.3. The van der Waals surface area contributed by atoms with Gasteiger partial charge in [-0.05, 0) is 49.4 Å². The summed E-state index contributed by atoms with van der Waals surface area (Å²) in [4.78, 5) is 0. The van der Waals surface area contributed by atoms with Gasteiger partial charge in [-0.25, -0.2) is 0 Å². The van der Waals surface area contributed by atoms with E-state index in [2.05, 4.69) is 13.8 Å². The van der Waals surface area contributed by atoms with Gasteiger partial charge in [-0.3, -0.25) is 0 Å². The highest BCUT2D eigenvalue weighted by Gasteiger charge is 2.05. The van der Waals surface area contributed by atoms with Crippen LogP contribution in [0.1, 0.15) is 36.5 Å². The molecule has 0 bridgehead atoms. The van der Waals surface area contributed by atoms with Gasteiger partial charge in [-0.15, -0.1) is 0 Å². The van der Waals surface area contributed by atoms with E-state index >= 15 is 0 Å². The molecule has 0 heterocycles. The Morgan fingerprint density at radius 1 is 1.23 bits per heavy atom. The maximum Gasteiger partial charge on any atom is 0.118 e. The first-order valence-electron chi connectivity index (χ1n) is 4.94. The molecule has 0 aromatic heterocycles. The Morgan fingerprint density at radius 2 is 1.92 bits per heavy atom. The lowest BCUT2D eigenvalue weighted by Gasteiger charge is -2.10. The Labute approximate surface area is 80.4 Å². The molecule has 0 unspecified atom stereocenters. The van der Waals surface area contributed by atoms with Crippen LogP contribution in [-0.2, 0) is 6.42 Å². The van der Waals surface area contributed by atoms with Crippen LogP contribution in [-0.4, -0.2) is 5.11 Å². The van der Waals surface area contributed by atoms with Gasteiger partial charge in [0.05, 0.1) is 0 Å². The minimum Gasteiger partial charge on any atom is -0.508 e. The van der Waals surface area contributed by atoms with Gasteiger partial charge in [0.25, 0.3) is 0 Å². The summed E-state index contributed by atoms with van der Waals surface area (Å²) in [7, 11) is 0. The molecule has 0 radical (unpaired) electrons. The second-order valence-electron chi connectivity index (χ2n) is 3.61. The van der Waals surface area contributed by atoms with Crippen LogP contribution in [0.25, 0.3) is 0 Å². The van der Waals surface area contributed by atoms with Gasteiger partial charge in [0.2, 0.25) is 0 Å². The fourth-order valence-corrected chi connectivity index (χ4v) is 1.62. The van der Waals surface area contributed by atoms with Crippen LogP contribution in [0.4, 0.5) is 0 Å². The average Bonchev–Trinajstić information content (AvgIpc) is 2.12. The highest BCUT2D eigenvalue weighted by Crippen LogP contribution is 2.24. The van der Waals surface area contributed by atoms with E-state index < -0.39 is 0 Å². The Hall–Kier alpha value is -0.980. The van der Waals surface area contributed by atoms with Crippen molar-refractivity contribution < 1.29 is 5.11 Å². The van der Waals surface area contributed by atoms with Crippen molar-refractivity contribution in [2.24, 2.45) is 0 Å². The second-order valence-corrected chi connectivity index (χ2v) is 3.61. The van der Waals surface area contributed by atoms with Gasteiger partial charge >= 0.3 is 0 Å². The first-order chi connectivity index (χ1) is 6.16. The lowest BCUT2D eigenvalue weighted by Crippen LogP contribution is -1.93. The third kappa shape index (κ3) is 2.24. The topological polar surface area (TPSA) is 20.2 Å². The van der Waals surface area contributed by atoms with Gasteiger partial charge in [-0.1, -0.05) is 19.4 Å². The van der Waals surface area contributed by atoms with Crippen molar-refractivity contribution in [1.82, 2.24) is 0 Å². The van der Waals surface area contributed by atoms with Crippen molar-refractivity contribution in [2.45, 2.75) is 40.0 Å². The summed E-state index contributed by atoms with van der Waals surface area (Å²) >= 11 is 0. The molecular weight excluding hydrogens is 160 g/mol. The van der Waals surface area contributed by atoms with Crippen molar-refractivity contribution >= 4 is 0 Å². The van der Waals surface area contributed by atoms with E-state index in [1.165, 1.54) is 24.0 Å². The van der Waals surface area contributed by atoms with E-state index in [9.17, 15) is 5.11 Å². The summed E-state index contributed by atoms with van der Waals surface area (Å²) in [6, 6.07) is 3.77. The molecule has 1 aromatic rings. The normalized spacial score (nSPS) is 10.4. The number of aryl methyl sites for hydroxylation is 1. The Balaban J connectivity index is 2.96. The first-order valence-corrected chi connectivity index (χ1v) is 4.94. The molecule has 0 fully saturated rings. The van der Waals surface area contributed by atoms with Gasteiger partial charge in [0.15, 0.2) is 0 Å². The quantitative estimate of drug-likeness (QED) is 0.752. The Morgan fingerprint density at radius 3 is 2.54 bits per heavy atom. The minimum absolute atomic E-state index is 0.428. The van der Waals surface area contributed by atoms with Crippen molar-refractivity contribution in [3.05, 3.63) is 28.8 Å². The van der Waals surface area contributed by atoms with Crippen LogP contribution in [0.5, 0.6) is 5.75 Å². The molecule has 72 valence electrons. The molecule has 13 heavy (non-hydrogen) atoms. The van der Waals surface area contributed by atoms with Crippen LogP contribution in [0, 0.1) is 13.8 Å². The Kier molecular flexibility index (Phi) is 3.35. The van der Waals surface area contributed by atoms with Crippen LogP contribution < -0.4 is 0 Å². The van der Waals surface area contributed by atoms with E-state index in [-0.39, 0.29) is 0 Å². The highest BCUT2D eigenvalue weighted by molar-refractivity contribution is 5.42. The first kappa shape index (κ1) is 10.1. The number of phenolic OH excluding ortho intramolecular Hbond substituents is 1. The molecule has 0 aliphatic heterocycles. The van der Waals surface area contributed by atoms with Gasteiger partial charge < -0.3 is 5.11 Å². The molecule has 1 aromatic carbocycles. The molecule has 0 spiro atoms. The molecule has 1 N–H and O–H groups in total. The number of phenols is 1. The second kappa shape index (κ2) is 4.31. The SMILES string of the molecule is CCCCc1c(C)ccc(O)c1C. The maximum absolute atomic E-state index is 9.52. The van der Waals surface area contributed by atoms with Crippen LogP contribution in [0.3, 0.4) is 0 Å². The molecule has 0 aliphatic rings. The van der Waals surface area contributed by atoms with Crippen molar-refractivity contribution in [3.8, 4) is 5.75 Å². The van der Waals surface area contributed by atoms with Crippen LogP contribution in [0.2, 0.25) is 0 Å². The van der Waals surface area contributed by atoms with E-state index in [1.807, 2.05) is 13.0 Å². The summed E-state index contributed by atoms with van der Waals surface area (Å²) in [5.41, 5.74) is 3.67. The standard InChI is InChI=1S/C12H18O/c1-4-5-6-11-9(2)7-8-12(13)10(11)3/h7-8,13H,4-6H2,1-3H3. The average molecular weight is 178 g/mol. The van der Waals surface area contributed by atoms with E-state index in [0.717, 1.165) is 12.0 Å². The zero-order valence-corrected chi connectivity index (χ0v) is 8.72. The third-order valence-corrected chi connectivity index (χ3v) is 2.58. The van der Waals surface area contributed by atoms with Crippen molar-refractivity contribution in [2.75, 3.05) is 0 Å². The third-order valence-electron chi connectivity index (χ3n) is 2.58. The monoisotopic (exact) mass is 178 g/mol. The number of aromatic hydroxyl groups is 1. The molecule has 0 amide bonds. The summed E-state index contributed by atoms with van der Waals surface area (Å²) in [5.74, 6) is 0.428. The number of unbranched alkanes of at least 4 members (excludes halogenated alkanes) is 1. The molecule has 0 aliphatic carbocycles. The largest absolute Gasteiger partial charge is 0.508 e. The summed E-state index contributed by atoms with van der Waals surface area (Å²) < 4.78 is 0. The number of rotatable bonds is 3. The molecule has 0 atom stereocenters. The molecule has 1 rings (SSSR count). The maximum atomic E-state index is 9.52. The lowest BCUT2D eigenvalue weighted by atomic mass is 9.97. The van der Waals surface area contributed by atoms with E-state index in [1.54, 1.807) is 6.07 Å². The van der Waals surface area contributed by atoms with Gasteiger partial charge in [0.1, 0.15) is 5.75 Å². The Bertz CT molecular complexity index is 289. The number of benzene rings is 1. The fourth-order valence-electron chi connectivity index (χ4n) is 1.62. The number of hydrogen-bond donors (Lipinski definition) is 1. The van der Waals surface area contributed by atoms with Gasteiger partial charge in [-0.2, -0.15) is 0 Å². The summed E-state index contributed by atoms with van der Waals surface area (Å²) in [6.45, 7) is 6.29. The lowest BCUT2D eigenvalue weighted by molar-refractivity contribution is 0.469. The van der Waals surface area contributed by atoms with Crippen LogP contribution >= 0.6 is 0 Å². The van der Waals surface area contributed by atoms with E-state index in [0.29, 0.717) is 5.75 Å². The smallest absolute Gasteiger partial charge is 0.118 e. The van der Waals surface area contributed by atoms with Gasteiger partial charge in [0, 0.05) is 0 Å². The predicted molar refractivity (Wildman–Crippen MR) is 56.2 cm³/mol. The summed E-state index contributed by atoms with van der Waals surface area (Å²) in [5, 5.41) is 9.52. The molecule has 1 heteroatoms. The zero-order valence-electron chi connectivity index (χ0n) is 8.72. The molecule has 1 nitrogen and oxygen atoms in total. The number of hydrogen-bond acceptors (Lipinski definition) is 1.